The molecule has 4 aromatic rings. The van der Waals surface area contributed by atoms with E-state index in [1.165, 1.54) is 27.3 Å². The van der Waals surface area contributed by atoms with E-state index in [1.807, 2.05) is 12.1 Å². The molecular weight excluding hydrogens is 574 g/mol. The SMILES string of the molecule is CS(=O)(=O)N1CCN(Cc2ccc(Cl)c(-c3nc4cc(Cl)ccc4c(=O)n3-c3ccc(Cl)c(F)c3)c2)CC1. The first-order chi connectivity index (χ1) is 18.0. The van der Waals surface area contributed by atoms with Crippen LogP contribution in [0.5, 0.6) is 0 Å². The molecular formula is C26H22Cl3FN4O3S. The number of rotatable bonds is 5. The van der Waals surface area contributed by atoms with Gasteiger partial charge in [0.2, 0.25) is 10.0 Å². The highest BCUT2D eigenvalue weighted by Gasteiger charge is 2.24. The summed E-state index contributed by atoms with van der Waals surface area (Å²) in [5.74, 6) is -0.452. The van der Waals surface area contributed by atoms with Gasteiger partial charge in [0.1, 0.15) is 11.6 Å². The highest BCUT2D eigenvalue weighted by Crippen LogP contribution is 2.31. The van der Waals surface area contributed by atoms with E-state index >= 15 is 0 Å². The van der Waals surface area contributed by atoms with Crippen molar-refractivity contribution in [1.82, 2.24) is 18.8 Å². The van der Waals surface area contributed by atoms with Crippen LogP contribution in [0.25, 0.3) is 28.0 Å². The van der Waals surface area contributed by atoms with Crippen LogP contribution in [0.4, 0.5) is 4.39 Å². The Bertz CT molecular complexity index is 1720. The normalized spacial score (nSPS) is 15.3. The maximum Gasteiger partial charge on any atom is 0.266 e. The maximum atomic E-state index is 14.4. The van der Waals surface area contributed by atoms with Gasteiger partial charge >= 0.3 is 0 Å². The van der Waals surface area contributed by atoms with Crippen LogP contribution >= 0.6 is 34.8 Å². The number of sulfonamides is 1. The lowest BCUT2D eigenvalue weighted by molar-refractivity contribution is 0.182. The van der Waals surface area contributed by atoms with Crippen molar-refractivity contribution in [3.63, 3.8) is 0 Å². The van der Waals surface area contributed by atoms with Gasteiger partial charge in [-0.1, -0.05) is 40.9 Å². The topological polar surface area (TPSA) is 75.5 Å². The van der Waals surface area contributed by atoms with Crippen LogP contribution < -0.4 is 5.56 Å². The second kappa shape index (κ2) is 10.6. The zero-order valence-corrected chi connectivity index (χ0v) is 23.2. The fourth-order valence-corrected chi connectivity index (χ4v) is 5.84. The van der Waals surface area contributed by atoms with Gasteiger partial charge in [-0.15, -0.1) is 0 Å². The maximum absolute atomic E-state index is 14.4. The lowest BCUT2D eigenvalue weighted by atomic mass is 10.1. The van der Waals surface area contributed by atoms with E-state index in [9.17, 15) is 17.6 Å². The number of piperazine rings is 1. The molecule has 1 saturated heterocycles. The zero-order chi connectivity index (χ0) is 27.2. The molecule has 1 aliphatic heterocycles. The molecule has 0 radical (unpaired) electrons. The second-order valence-electron chi connectivity index (χ2n) is 9.09. The third-order valence-electron chi connectivity index (χ3n) is 6.47. The lowest BCUT2D eigenvalue weighted by Gasteiger charge is -2.33. The summed E-state index contributed by atoms with van der Waals surface area (Å²) >= 11 is 18.7. The molecule has 1 aromatic heterocycles. The standard InChI is InChI=1S/C26H22Cl3FN4O3S/c1-38(36,37)33-10-8-32(9-11-33)15-16-2-6-21(28)20(12-16)25-31-24-13-17(27)3-5-19(24)26(35)34(25)18-4-7-22(29)23(30)14-18/h2-7,12-14H,8-11,15H2,1H3. The number of nitrogens with zero attached hydrogens (tertiary/aromatic N) is 4. The van der Waals surface area contributed by atoms with E-state index in [4.69, 9.17) is 39.8 Å². The van der Waals surface area contributed by atoms with E-state index in [2.05, 4.69) is 4.90 Å². The number of fused-ring (bicyclic) bond motifs is 1. The number of hydrogen-bond acceptors (Lipinski definition) is 5. The van der Waals surface area contributed by atoms with Crippen molar-refractivity contribution in [2.45, 2.75) is 6.54 Å². The Morgan fingerprint density at radius 2 is 1.63 bits per heavy atom. The van der Waals surface area contributed by atoms with Crippen LogP contribution in [-0.4, -0.2) is 59.6 Å². The number of halogens is 4. The largest absolute Gasteiger partial charge is 0.296 e. The molecule has 12 heteroatoms. The van der Waals surface area contributed by atoms with E-state index < -0.39 is 21.4 Å². The highest BCUT2D eigenvalue weighted by atomic mass is 35.5. The molecule has 2 heterocycles. The van der Waals surface area contributed by atoms with Gasteiger partial charge in [-0.2, -0.15) is 4.31 Å². The minimum atomic E-state index is -3.23. The first-order valence-corrected chi connectivity index (χ1v) is 14.6. The Morgan fingerprint density at radius 1 is 0.921 bits per heavy atom. The molecule has 1 aliphatic rings. The summed E-state index contributed by atoms with van der Waals surface area (Å²) in [6, 6.07) is 14.3. The monoisotopic (exact) mass is 594 g/mol. The van der Waals surface area contributed by atoms with E-state index in [0.29, 0.717) is 59.2 Å². The van der Waals surface area contributed by atoms with Crippen molar-refractivity contribution >= 4 is 55.7 Å². The Kier molecular flexibility index (Phi) is 7.52. The van der Waals surface area contributed by atoms with Gasteiger partial charge in [0.05, 0.1) is 32.9 Å². The van der Waals surface area contributed by atoms with Gasteiger partial charge in [0, 0.05) is 43.3 Å². The molecule has 0 saturated carbocycles. The Balaban J connectivity index is 1.60. The van der Waals surface area contributed by atoms with Crippen LogP contribution in [0, 0.1) is 5.82 Å². The molecule has 7 nitrogen and oxygen atoms in total. The van der Waals surface area contributed by atoms with Crippen molar-refractivity contribution in [2.75, 3.05) is 32.4 Å². The third-order valence-corrected chi connectivity index (χ3v) is 8.65. The number of hydrogen-bond donors (Lipinski definition) is 0. The van der Waals surface area contributed by atoms with E-state index in [0.717, 1.165) is 5.56 Å². The molecule has 0 aliphatic carbocycles. The van der Waals surface area contributed by atoms with Crippen molar-refractivity contribution < 1.29 is 12.8 Å². The van der Waals surface area contributed by atoms with Gasteiger partial charge in [0.25, 0.3) is 5.56 Å². The first kappa shape index (κ1) is 27.1. The van der Waals surface area contributed by atoms with Crippen LogP contribution in [0.3, 0.4) is 0 Å². The van der Waals surface area contributed by atoms with E-state index in [1.54, 1.807) is 30.3 Å². The molecule has 5 rings (SSSR count). The molecule has 3 aromatic carbocycles. The van der Waals surface area contributed by atoms with Crippen LogP contribution in [0.1, 0.15) is 5.56 Å². The average molecular weight is 596 g/mol. The third kappa shape index (κ3) is 5.45. The molecule has 1 fully saturated rings. The molecule has 198 valence electrons. The van der Waals surface area contributed by atoms with Crippen molar-refractivity contribution in [1.29, 1.82) is 0 Å². The molecule has 0 amide bonds. The molecule has 38 heavy (non-hydrogen) atoms. The molecule has 0 spiro atoms. The molecule has 0 atom stereocenters. The summed E-state index contributed by atoms with van der Waals surface area (Å²) in [7, 11) is -3.23. The summed E-state index contributed by atoms with van der Waals surface area (Å²) in [6.45, 7) is 2.52. The highest BCUT2D eigenvalue weighted by molar-refractivity contribution is 7.88. The Labute approximate surface area is 234 Å². The zero-order valence-electron chi connectivity index (χ0n) is 20.2. The number of benzene rings is 3. The van der Waals surface area contributed by atoms with Crippen molar-refractivity contribution in [3.8, 4) is 17.1 Å². The Morgan fingerprint density at radius 3 is 2.32 bits per heavy atom. The summed E-state index contributed by atoms with van der Waals surface area (Å²) in [4.78, 5) is 20.6. The molecule has 0 unspecified atom stereocenters. The van der Waals surface area contributed by atoms with Crippen LogP contribution in [0.2, 0.25) is 15.1 Å². The first-order valence-electron chi connectivity index (χ1n) is 11.7. The second-order valence-corrected chi connectivity index (χ2v) is 12.3. The summed E-state index contributed by atoms with van der Waals surface area (Å²) in [5.41, 5.74) is 1.58. The van der Waals surface area contributed by atoms with Gasteiger partial charge < -0.3 is 0 Å². The van der Waals surface area contributed by atoms with Gasteiger partial charge in [-0.05, 0) is 54.1 Å². The average Bonchev–Trinajstić information content (AvgIpc) is 2.86. The van der Waals surface area contributed by atoms with Crippen molar-refractivity contribution in [2.24, 2.45) is 0 Å². The summed E-state index contributed by atoms with van der Waals surface area (Å²) in [6.07, 6.45) is 1.21. The predicted octanol–water partition coefficient (Wildman–Crippen LogP) is 5.23. The van der Waals surface area contributed by atoms with Gasteiger partial charge in [0.15, 0.2) is 0 Å². The lowest BCUT2D eigenvalue weighted by Crippen LogP contribution is -2.47. The number of aromatic nitrogens is 2. The fraction of sp³-hybridized carbons (Fsp3) is 0.231. The predicted molar refractivity (Wildman–Crippen MR) is 149 cm³/mol. The quantitative estimate of drug-likeness (QED) is 0.316. The minimum absolute atomic E-state index is 0.0696. The minimum Gasteiger partial charge on any atom is -0.296 e. The summed E-state index contributed by atoms with van der Waals surface area (Å²) in [5, 5.41) is 1.01. The molecule has 0 N–H and O–H groups in total. The van der Waals surface area contributed by atoms with Gasteiger partial charge in [-0.25, -0.2) is 17.8 Å². The van der Waals surface area contributed by atoms with Crippen LogP contribution in [0.15, 0.2) is 59.4 Å². The van der Waals surface area contributed by atoms with Crippen LogP contribution in [-0.2, 0) is 16.6 Å². The summed E-state index contributed by atoms with van der Waals surface area (Å²) < 4.78 is 40.9. The van der Waals surface area contributed by atoms with Gasteiger partial charge in [-0.3, -0.25) is 14.3 Å². The fourth-order valence-electron chi connectivity index (χ4n) is 4.52. The van der Waals surface area contributed by atoms with Crippen molar-refractivity contribution in [3.05, 3.63) is 91.4 Å². The Hall–Kier alpha value is -2.53. The van der Waals surface area contributed by atoms with E-state index in [-0.39, 0.29) is 16.5 Å². The smallest absolute Gasteiger partial charge is 0.266 e. The molecule has 0 bridgehead atoms.